The number of rotatable bonds is 8. The molecule has 33 heavy (non-hydrogen) atoms. The summed E-state index contributed by atoms with van der Waals surface area (Å²) in [6.07, 6.45) is 1.71. The van der Waals surface area contributed by atoms with E-state index in [-0.39, 0.29) is 5.41 Å². The molecule has 6 heteroatoms. The predicted octanol–water partition coefficient (Wildman–Crippen LogP) is 6.54. The summed E-state index contributed by atoms with van der Waals surface area (Å²) in [6, 6.07) is 24.1. The molecule has 0 spiro atoms. The van der Waals surface area contributed by atoms with Crippen molar-refractivity contribution in [2.45, 2.75) is 39.3 Å². The largest absolute Gasteiger partial charge is 0.437 e. The molecular formula is C27H30N4O2. The number of para-hydroxylation sites is 1. The van der Waals surface area contributed by atoms with Crippen LogP contribution in [0.25, 0.3) is 0 Å². The molecule has 0 radical (unpaired) electrons. The lowest BCUT2D eigenvalue weighted by atomic mass is 9.86. The molecule has 2 heterocycles. The molecule has 0 fully saturated rings. The number of hydrogen-bond acceptors (Lipinski definition) is 6. The molecule has 0 bridgehead atoms. The first-order valence-electron chi connectivity index (χ1n) is 11.1. The quantitative estimate of drug-likeness (QED) is 0.334. The second kappa shape index (κ2) is 9.88. The zero-order valence-electron chi connectivity index (χ0n) is 19.6. The van der Waals surface area contributed by atoms with Crippen LogP contribution in [-0.4, -0.2) is 22.1 Å². The summed E-state index contributed by atoms with van der Waals surface area (Å²) in [7, 11) is 2.06. The van der Waals surface area contributed by atoms with Crippen molar-refractivity contribution in [3.05, 3.63) is 95.8 Å². The molecule has 0 aliphatic heterocycles. The average molecular weight is 443 g/mol. The van der Waals surface area contributed by atoms with Crippen LogP contribution in [0.5, 0.6) is 11.6 Å². The molecule has 0 saturated carbocycles. The SMILES string of the molecule is CN(Cc1ccccc1)Cc1cc(Nc2cccnc2Oc2ccccc2C(C)(C)C)on1. The van der Waals surface area contributed by atoms with Gasteiger partial charge in [0.05, 0.1) is 5.69 Å². The first kappa shape index (κ1) is 22.6. The second-order valence-electron chi connectivity index (χ2n) is 9.17. The summed E-state index contributed by atoms with van der Waals surface area (Å²) in [4.78, 5) is 6.63. The van der Waals surface area contributed by atoms with E-state index in [1.165, 1.54) is 5.56 Å². The van der Waals surface area contributed by atoms with Crippen LogP contribution in [0.15, 0.2) is 83.5 Å². The Morgan fingerprint density at radius 2 is 1.70 bits per heavy atom. The molecule has 0 amide bonds. The zero-order chi connectivity index (χ0) is 23.3. The maximum absolute atomic E-state index is 6.23. The number of aromatic nitrogens is 2. The number of pyridine rings is 1. The third-order valence-corrected chi connectivity index (χ3v) is 5.22. The Balaban J connectivity index is 1.46. The third kappa shape index (κ3) is 5.99. The highest BCUT2D eigenvalue weighted by Gasteiger charge is 2.20. The molecule has 170 valence electrons. The number of nitrogens with zero attached hydrogens (tertiary/aromatic N) is 3. The Labute approximate surface area is 195 Å². The van der Waals surface area contributed by atoms with E-state index in [1.807, 2.05) is 42.5 Å². The van der Waals surface area contributed by atoms with E-state index >= 15 is 0 Å². The minimum atomic E-state index is -0.0510. The van der Waals surface area contributed by atoms with E-state index < -0.39 is 0 Å². The van der Waals surface area contributed by atoms with E-state index in [0.29, 0.717) is 24.0 Å². The summed E-state index contributed by atoms with van der Waals surface area (Å²) in [6.45, 7) is 8.01. The summed E-state index contributed by atoms with van der Waals surface area (Å²) < 4.78 is 11.8. The van der Waals surface area contributed by atoms with Gasteiger partial charge in [0.1, 0.15) is 11.4 Å². The summed E-state index contributed by atoms with van der Waals surface area (Å²) in [5.74, 6) is 1.81. The van der Waals surface area contributed by atoms with Crippen molar-refractivity contribution >= 4 is 11.6 Å². The van der Waals surface area contributed by atoms with Gasteiger partial charge in [-0.25, -0.2) is 4.98 Å². The molecule has 4 aromatic rings. The van der Waals surface area contributed by atoms with E-state index in [2.05, 4.69) is 78.5 Å². The number of ether oxygens (including phenoxy) is 1. The molecule has 1 N–H and O–H groups in total. The van der Waals surface area contributed by atoms with Gasteiger partial charge < -0.3 is 14.6 Å². The number of nitrogens with one attached hydrogen (secondary N) is 1. The van der Waals surface area contributed by atoms with Crippen LogP contribution in [0.4, 0.5) is 11.6 Å². The van der Waals surface area contributed by atoms with Gasteiger partial charge in [-0.2, -0.15) is 0 Å². The molecule has 6 nitrogen and oxygen atoms in total. The Bertz CT molecular complexity index is 1180. The van der Waals surface area contributed by atoms with Crippen molar-refractivity contribution in [1.82, 2.24) is 15.0 Å². The van der Waals surface area contributed by atoms with Crippen molar-refractivity contribution in [2.75, 3.05) is 12.4 Å². The van der Waals surface area contributed by atoms with Gasteiger partial charge in [0, 0.05) is 30.9 Å². The topological polar surface area (TPSA) is 63.4 Å². The number of anilines is 2. The van der Waals surface area contributed by atoms with Crippen LogP contribution in [0.2, 0.25) is 0 Å². The van der Waals surface area contributed by atoms with Gasteiger partial charge in [-0.3, -0.25) is 4.90 Å². The Kier molecular flexibility index (Phi) is 6.75. The Hall–Kier alpha value is -3.64. The van der Waals surface area contributed by atoms with Crippen molar-refractivity contribution in [2.24, 2.45) is 0 Å². The van der Waals surface area contributed by atoms with Crippen molar-refractivity contribution in [1.29, 1.82) is 0 Å². The molecule has 0 aliphatic carbocycles. The van der Waals surface area contributed by atoms with Crippen LogP contribution in [0, 0.1) is 0 Å². The highest BCUT2D eigenvalue weighted by atomic mass is 16.5. The molecule has 2 aromatic heterocycles. The Morgan fingerprint density at radius 3 is 2.48 bits per heavy atom. The van der Waals surface area contributed by atoms with E-state index in [0.717, 1.165) is 23.6 Å². The summed E-state index contributed by atoms with van der Waals surface area (Å²) in [5.41, 5.74) is 3.88. The molecule has 0 unspecified atom stereocenters. The lowest BCUT2D eigenvalue weighted by Gasteiger charge is -2.22. The monoisotopic (exact) mass is 442 g/mol. The first-order chi connectivity index (χ1) is 15.9. The predicted molar refractivity (Wildman–Crippen MR) is 131 cm³/mol. The standard InChI is InChI=1S/C27H30N4O2/c1-27(2,3)22-13-8-9-15-24(22)32-26-23(14-10-16-28-26)29-25-17-21(30-33-25)19-31(4)18-20-11-6-5-7-12-20/h5-17,29H,18-19H2,1-4H3. The van der Waals surface area contributed by atoms with Crippen molar-refractivity contribution < 1.29 is 9.26 Å². The molecular weight excluding hydrogens is 412 g/mol. The summed E-state index contributed by atoms with van der Waals surface area (Å²) in [5, 5.41) is 7.47. The third-order valence-electron chi connectivity index (χ3n) is 5.22. The van der Waals surface area contributed by atoms with Crippen molar-refractivity contribution in [3.63, 3.8) is 0 Å². The normalized spacial score (nSPS) is 11.5. The first-order valence-corrected chi connectivity index (χ1v) is 11.1. The van der Waals surface area contributed by atoms with Gasteiger partial charge in [-0.05, 0) is 36.2 Å². The van der Waals surface area contributed by atoms with Gasteiger partial charge >= 0.3 is 0 Å². The number of benzene rings is 2. The fraction of sp³-hybridized carbons (Fsp3) is 0.259. The van der Waals surface area contributed by atoms with Gasteiger partial charge in [0.2, 0.25) is 11.8 Å². The van der Waals surface area contributed by atoms with Crippen LogP contribution >= 0.6 is 0 Å². The zero-order valence-corrected chi connectivity index (χ0v) is 19.6. The molecule has 2 aromatic carbocycles. The van der Waals surface area contributed by atoms with E-state index in [4.69, 9.17) is 9.26 Å². The average Bonchev–Trinajstić information content (AvgIpc) is 3.22. The lowest BCUT2D eigenvalue weighted by Crippen LogP contribution is -2.17. The highest BCUT2D eigenvalue weighted by molar-refractivity contribution is 5.61. The molecule has 4 rings (SSSR count). The fourth-order valence-electron chi connectivity index (χ4n) is 3.65. The summed E-state index contributed by atoms with van der Waals surface area (Å²) >= 11 is 0. The minimum absolute atomic E-state index is 0.0510. The van der Waals surface area contributed by atoms with Crippen LogP contribution in [-0.2, 0) is 18.5 Å². The highest BCUT2D eigenvalue weighted by Crippen LogP contribution is 2.36. The molecule has 0 aliphatic rings. The maximum Gasteiger partial charge on any atom is 0.243 e. The van der Waals surface area contributed by atoms with Gasteiger partial charge in [0.25, 0.3) is 0 Å². The van der Waals surface area contributed by atoms with E-state index in [1.54, 1.807) is 6.20 Å². The van der Waals surface area contributed by atoms with Crippen molar-refractivity contribution in [3.8, 4) is 11.6 Å². The van der Waals surface area contributed by atoms with Gasteiger partial charge in [-0.15, -0.1) is 0 Å². The smallest absolute Gasteiger partial charge is 0.243 e. The fourth-order valence-corrected chi connectivity index (χ4v) is 3.65. The number of hydrogen-bond donors (Lipinski definition) is 1. The van der Waals surface area contributed by atoms with Crippen LogP contribution in [0.1, 0.15) is 37.6 Å². The van der Waals surface area contributed by atoms with Crippen LogP contribution in [0.3, 0.4) is 0 Å². The minimum Gasteiger partial charge on any atom is -0.437 e. The maximum atomic E-state index is 6.23. The van der Waals surface area contributed by atoms with Gasteiger partial charge in [0.15, 0.2) is 0 Å². The molecule has 0 atom stereocenters. The Morgan fingerprint density at radius 1 is 0.939 bits per heavy atom. The van der Waals surface area contributed by atoms with E-state index in [9.17, 15) is 0 Å². The second-order valence-corrected chi connectivity index (χ2v) is 9.17. The molecule has 0 saturated heterocycles. The van der Waals surface area contributed by atoms with Crippen LogP contribution < -0.4 is 10.1 Å². The lowest BCUT2D eigenvalue weighted by molar-refractivity contribution is 0.304. The van der Waals surface area contributed by atoms with Gasteiger partial charge in [-0.1, -0.05) is 74.5 Å².